The Morgan fingerprint density at radius 2 is 1.89 bits per heavy atom. The Balaban J connectivity index is 1.93. The predicted octanol–water partition coefficient (Wildman–Crippen LogP) is 1.05. The SMILES string of the molecule is CNCN1C=C1C(=O)NCc1c(F)cc(F)cc1F. The van der Waals surface area contributed by atoms with Crippen LogP contribution in [-0.4, -0.2) is 24.5 Å². The molecule has 2 rings (SSSR count). The molecule has 1 aliphatic heterocycles. The van der Waals surface area contributed by atoms with Gasteiger partial charge in [-0.25, -0.2) is 13.2 Å². The molecule has 0 saturated carbocycles. The first kappa shape index (κ1) is 13.4. The first-order valence-electron chi connectivity index (χ1n) is 5.57. The molecule has 0 radical (unpaired) electrons. The van der Waals surface area contributed by atoms with Crippen molar-refractivity contribution in [3.8, 4) is 0 Å². The van der Waals surface area contributed by atoms with Crippen LogP contribution in [0.5, 0.6) is 0 Å². The minimum atomic E-state index is -1.02. The van der Waals surface area contributed by atoms with Gasteiger partial charge in [-0.3, -0.25) is 4.79 Å². The van der Waals surface area contributed by atoms with Crippen LogP contribution < -0.4 is 10.6 Å². The zero-order valence-electron chi connectivity index (χ0n) is 10.1. The molecule has 0 atom stereocenters. The van der Waals surface area contributed by atoms with Gasteiger partial charge in [0, 0.05) is 30.4 Å². The van der Waals surface area contributed by atoms with Gasteiger partial charge in [0.1, 0.15) is 23.1 Å². The molecular formula is C12H12F3N3O. The Morgan fingerprint density at radius 1 is 1.26 bits per heavy atom. The summed E-state index contributed by atoms with van der Waals surface area (Å²) in [5.74, 6) is -3.46. The number of carbonyl (C=O) groups is 1. The van der Waals surface area contributed by atoms with E-state index in [0.717, 1.165) is 0 Å². The molecule has 4 nitrogen and oxygen atoms in total. The number of carbonyl (C=O) groups excluding carboxylic acids is 1. The molecule has 1 aliphatic rings. The van der Waals surface area contributed by atoms with Crippen molar-refractivity contribution in [2.75, 3.05) is 13.7 Å². The topological polar surface area (TPSA) is 44.1 Å². The van der Waals surface area contributed by atoms with Crippen LogP contribution in [0.1, 0.15) is 5.56 Å². The molecule has 7 heteroatoms. The van der Waals surface area contributed by atoms with E-state index in [0.29, 0.717) is 24.5 Å². The molecule has 1 aromatic carbocycles. The van der Waals surface area contributed by atoms with Gasteiger partial charge < -0.3 is 15.5 Å². The third-order valence-corrected chi connectivity index (χ3v) is 2.61. The molecule has 0 bridgehead atoms. The molecule has 0 fully saturated rings. The summed E-state index contributed by atoms with van der Waals surface area (Å²) in [4.78, 5) is 13.2. The highest BCUT2D eigenvalue weighted by atomic mass is 19.1. The highest BCUT2D eigenvalue weighted by Gasteiger charge is 2.27. The van der Waals surface area contributed by atoms with E-state index in [4.69, 9.17) is 0 Å². The number of nitrogens with zero attached hydrogens (tertiary/aromatic N) is 1. The van der Waals surface area contributed by atoms with E-state index < -0.39 is 23.4 Å². The zero-order chi connectivity index (χ0) is 14.0. The minimum absolute atomic E-state index is 0.332. The van der Waals surface area contributed by atoms with Gasteiger partial charge in [0.2, 0.25) is 0 Å². The molecule has 0 saturated heterocycles. The van der Waals surface area contributed by atoms with Crippen molar-refractivity contribution in [1.82, 2.24) is 15.5 Å². The number of amides is 1. The Hall–Kier alpha value is -2.02. The largest absolute Gasteiger partial charge is 0.346 e. The maximum Gasteiger partial charge on any atom is 0.269 e. The van der Waals surface area contributed by atoms with Gasteiger partial charge in [0.05, 0.1) is 6.67 Å². The Morgan fingerprint density at radius 3 is 2.47 bits per heavy atom. The highest BCUT2D eigenvalue weighted by Crippen LogP contribution is 2.20. The van der Waals surface area contributed by atoms with Crippen LogP contribution in [-0.2, 0) is 11.3 Å². The number of hydrogen-bond acceptors (Lipinski definition) is 3. The fraction of sp³-hybridized carbons (Fsp3) is 0.250. The average Bonchev–Trinajstić information content (AvgIpc) is 3.07. The average molecular weight is 271 g/mol. The molecule has 1 aromatic rings. The molecule has 19 heavy (non-hydrogen) atoms. The van der Waals surface area contributed by atoms with Crippen molar-refractivity contribution in [3.63, 3.8) is 0 Å². The van der Waals surface area contributed by atoms with E-state index in [2.05, 4.69) is 10.6 Å². The maximum absolute atomic E-state index is 13.3. The quantitative estimate of drug-likeness (QED) is 0.841. The van der Waals surface area contributed by atoms with Gasteiger partial charge in [-0.1, -0.05) is 0 Å². The number of benzene rings is 1. The monoisotopic (exact) mass is 271 g/mol. The van der Waals surface area contributed by atoms with Crippen LogP contribution in [0, 0.1) is 17.5 Å². The maximum atomic E-state index is 13.3. The summed E-state index contributed by atoms with van der Waals surface area (Å²) in [7, 11) is 1.73. The van der Waals surface area contributed by atoms with Crippen molar-refractivity contribution in [3.05, 3.63) is 47.0 Å². The van der Waals surface area contributed by atoms with Crippen LogP contribution in [0.25, 0.3) is 0 Å². The normalized spacial score (nSPS) is 13.3. The highest BCUT2D eigenvalue weighted by molar-refractivity contribution is 5.96. The Bertz CT molecular complexity index is 522. The standard InChI is InChI=1S/C12H12F3N3O/c1-16-6-18-5-11(18)12(19)17-4-8-9(14)2-7(13)3-10(8)15/h2-3,5,16H,4,6H2,1H3,(H,17,19). The van der Waals surface area contributed by atoms with Crippen molar-refractivity contribution >= 4 is 5.91 Å². The van der Waals surface area contributed by atoms with Crippen molar-refractivity contribution in [2.24, 2.45) is 0 Å². The lowest BCUT2D eigenvalue weighted by Gasteiger charge is -2.08. The van der Waals surface area contributed by atoms with E-state index in [1.54, 1.807) is 18.1 Å². The lowest BCUT2D eigenvalue weighted by atomic mass is 10.2. The fourth-order valence-corrected chi connectivity index (χ4v) is 1.61. The zero-order valence-corrected chi connectivity index (χ0v) is 10.1. The van der Waals surface area contributed by atoms with E-state index in [1.807, 2.05) is 0 Å². The van der Waals surface area contributed by atoms with Gasteiger partial charge in [-0.05, 0) is 7.05 Å². The molecule has 102 valence electrons. The lowest BCUT2D eigenvalue weighted by molar-refractivity contribution is -0.117. The van der Waals surface area contributed by atoms with Gasteiger partial charge in [-0.2, -0.15) is 0 Å². The number of hydrogen-bond donors (Lipinski definition) is 2. The minimum Gasteiger partial charge on any atom is -0.346 e. The molecule has 0 unspecified atom stereocenters. The molecule has 0 aromatic heterocycles. The summed E-state index contributed by atoms with van der Waals surface area (Å²) in [6.45, 7) is 0.156. The number of nitrogens with one attached hydrogen (secondary N) is 2. The van der Waals surface area contributed by atoms with Gasteiger partial charge in [0.25, 0.3) is 5.91 Å². The summed E-state index contributed by atoms with van der Waals surface area (Å²) in [6, 6.07) is 1.16. The Kier molecular flexibility index (Phi) is 3.75. The molecule has 0 aliphatic carbocycles. The molecular weight excluding hydrogens is 259 g/mol. The molecule has 2 N–H and O–H groups in total. The summed E-state index contributed by atoms with van der Waals surface area (Å²) in [5, 5.41) is 5.22. The van der Waals surface area contributed by atoms with Gasteiger partial charge in [0.15, 0.2) is 0 Å². The van der Waals surface area contributed by atoms with E-state index in [-0.39, 0.29) is 12.1 Å². The predicted molar refractivity (Wildman–Crippen MR) is 62.0 cm³/mol. The smallest absolute Gasteiger partial charge is 0.269 e. The second-order valence-corrected chi connectivity index (χ2v) is 4.03. The number of rotatable bonds is 5. The Labute approximate surface area is 107 Å². The second kappa shape index (κ2) is 5.31. The fourth-order valence-electron chi connectivity index (χ4n) is 1.61. The van der Waals surface area contributed by atoms with E-state index in [1.165, 1.54) is 0 Å². The van der Waals surface area contributed by atoms with Crippen molar-refractivity contribution < 1.29 is 18.0 Å². The third kappa shape index (κ3) is 3.05. The van der Waals surface area contributed by atoms with Crippen molar-refractivity contribution in [2.45, 2.75) is 6.54 Å². The summed E-state index contributed by atoms with van der Waals surface area (Å²) >= 11 is 0. The molecule has 0 spiro atoms. The van der Waals surface area contributed by atoms with Crippen LogP contribution in [0.3, 0.4) is 0 Å². The lowest BCUT2D eigenvalue weighted by Crippen LogP contribution is -2.27. The third-order valence-electron chi connectivity index (χ3n) is 2.61. The van der Waals surface area contributed by atoms with Crippen LogP contribution in [0.4, 0.5) is 13.2 Å². The summed E-state index contributed by atoms with van der Waals surface area (Å²) in [5.41, 5.74) is 0.0634. The van der Waals surface area contributed by atoms with Gasteiger partial charge in [-0.15, -0.1) is 0 Å². The van der Waals surface area contributed by atoms with Crippen LogP contribution in [0.15, 0.2) is 24.0 Å². The summed E-state index contributed by atoms with van der Waals surface area (Å²) < 4.78 is 39.3. The molecule has 1 heterocycles. The first-order chi connectivity index (χ1) is 9.02. The van der Waals surface area contributed by atoms with Crippen LogP contribution >= 0.6 is 0 Å². The van der Waals surface area contributed by atoms with E-state index >= 15 is 0 Å². The molecule has 1 amide bonds. The number of halogens is 3. The first-order valence-corrected chi connectivity index (χ1v) is 5.57. The second-order valence-electron chi connectivity index (χ2n) is 4.03. The van der Waals surface area contributed by atoms with Gasteiger partial charge >= 0.3 is 0 Å². The van der Waals surface area contributed by atoms with Crippen molar-refractivity contribution in [1.29, 1.82) is 0 Å². The van der Waals surface area contributed by atoms with E-state index in [9.17, 15) is 18.0 Å². The summed E-state index contributed by atoms with van der Waals surface area (Å²) in [6.07, 6.45) is 1.60. The van der Waals surface area contributed by atoms with Crippen LogP contribution in [0.2, 0.25) is 0 Å².